The van der Waals surface area contributed by atoms with Gasteiger partial charge in [-0.3, -0.25) is 0 Å². The van der Waals surface area contributed by atoms with E-state index in [0.717, 1.165) is 0 Å². The SMILES string of the molecule is CC(O)CO.O.[Na]. The van der Waals surface area contributed by atoms with E-state index in [9.17, 15) is 0 Å². The van der Waals surface area contributed by atoms with Crippen molar-refractivity contribution in [2.75, 3.05) is 6.61 Å². The molecule has 0 aliphatic rings. The van der Waals surface area contributed by atoms with Gasteiger partial charge in [-0.15, -0.1) is 0 Å². The summed E-state index contributed by atoms with van der Waals surface area (Å²) in [6.45, 7) is 1.39. The molecule has 0 aromatic heterocycles. The number of hydrogen-bond acceptors (Lipinski definition) is 2. The molecule has 0 aromatic rings. The van der Waals surface area contributed by atoms with E-state index in [1.165, 1.54) is 6.92 Å². The van der Waals surface area contributed by atoms with Crippen molar-refractivity contribution in [1.29, 1.82) is 0 Å². The van der Waals surface area contributed by atoms with Gasteiger partial charge in [0, 0.05) is 29.6 Å². The normalized spacial score (nSPS) is 10.7. The van der Waals surface area contributed by atoms with Crippen molar-refractivity contribution < 1.29 is 15.7 Å². The molecule has 1 radical (unpaired) electrons. The van der Waals surface area contributed by atoms with Gasteiger partial charge in [0.1, 0.15) is 0 Å². The average Bonchev–Trinajstić information content (AvgIpc) is 1.38. The van der Waals surface area contributed by atoms with Crippen LogP contribution in [0, 0.1) is 0 Å². The van der Waals surface area contributed by atoms with Gasteiger partial charge in [-0.05, 0) is 6.92 Å². The van der Waals surface area contributed by atoms with Gasteiger partial charge in [0.15, 0.2) is 0 Å². The summed E-state index contributed by atoms with van der Waals surface area (Å²) in [7, 11) is 0. The Labute approximate surface area is 65.0 Å². The molecule has 1 atom stereocenters. The van der Waals surface area contributed by atoms with E-state index in [-0.39, 0.29) is 41.6 Å². The summed E-state index contributed by atoms with van der Waals surface area (Å²) in [6.07, 6.45) is -0.560. The van der Waals surface area contributed by atoms with E-state index in [4.69, 9.17) is 10.2 Å². The van der Waals surface area contributed by atoms with Crippen LogP contribution < -0.4 is 0 Å². The first-order valence-electron chi connectivity index (χ1n) is 1.56. The molecule has 0 rings (SSSR count). The van der Waals surface area contributed by atoms with Gasteiger partial charge in [0.25, 0.3) is 0 Å². The molecule has 0 bridgehead atoms. The maximum absolute atomic E-state index is 8.11. The molecule has 0 spiro atoms. The summed E-state index contributed by atoms with van der Waals surface area (Å²) in [5.74, 6) is 0. The summed E-state index contributed by atoms with van der Waals surface area (Å²) < 4.78 is 0. The van der Waals surface area contributed by atoms with E-state index in [2.05, 4.69) is 0 Å². The molecular formula is C3H10NaO3. The molecule has 4 heteroatoms. The second kappa shape index (κ2) is 9.99. The molecule has 41 valence electrons. The van der Waals surface area contributed by atoms with Crippen molar-refractivity contribution in [2.45, 2.75) is 13.0 Å². The van der Waals surface area contributed by atoms with Gasteiger partial charge in [-0.1, -0.05) is 0 Å². The van der Waals surface area contributed by atoms with Crippen LogP contribution in [0.4, 0.5) is 0 Å². The minimum absolute atomic E-state index is 0. The minimum atomic E-state index is -0.560. The first kappa shape index (κ1) is 15.7. The summed E-state index contributed by atoms with van der Waals surface area (Å²) >= 11 is 0. The second-order valence-electron chi connectivity index (χ2n) is 1.03. The predicted octanol–water partition coefficient (Wildman–Crippen LogP) is -1.85. The first-order valence-corrected chi connectivity index (χ1v) is 1.56. The molecule has 1 unspecified atom stereocenters. The number of aliphatic hydroxyl groups excluding tert-OH is 2. The third kappa shape index (κ3) is 19.8. The smallest absolute Gasteiger partial charge is 0.0742 e. The van der Waals surface area contributed by atoms with E-state index in [0.29, 0.717) is 0 Å². The van der Waals surface area contributed by atoms with Gasteiger partial charge in [-0.2, -0.15) is 0 Å². The topological polar surface area (TPSA) is 72.0 Å². The Kier molecular flexibility index (Phi) is 22.3. The number of aliphatic hydroxyl groups is 2. The Bertz CT molecular complexity index is 24.1. The Balaban J connectivity index is -0.0000000800. The molecule has 0 aliphatic heterocycles. The molecular weight excluding hydrogens is 107 g/mol. The fourth-order valence-corrected chi connectivity index (χ4v) is 0. The Morgan fingerprint density at radius 2 is 1.71 bits per heavy atom. The zero-order valence-corrected chi connectivity index (χ0v) is 6.68. The van der Waals surface area contributed by atoms with Crippen molar-refractivity contribution in [2.24, 2.45) is 0 Å². The molecule has 0 aromatic carbocycles. The minimum Gasteiger partial charge on any atom is -0.412 e. The van der Waals surface area contributed by atoms with Crippen LogP contribution in [0.2, 0.25) is 0 Å². The van der Waals surface area contributed by atoms with Gasteiger partial charge in [0.05, 0.1) is 12.7 Å². The standard InChI is InChI=1S/C3H8O2.Na.H2O/c1-3(5)2-4;;/h3-5H,2H2,1H3;;1H2. The van der Waals surface area contributed by atoms with Crippen LogP contribution in [-0.2, 0) is 0 Å². The fourth-order valence-electron chi connectivity index (χ4n) is 0. The third-order valence-corrected chi connectivity index (χ3v) is 0.264. The van der Waals surface area contributed by atoms with Crippen LogP contribution in [0.1, 0.15) is 6.92 Å². The zero-order chi connectivity index (χ0) is 4.28. The Morgan fingerprint density at radius 3 is 1.71 bits per heavy atom. The van der Waals surface area contributed by atoms with Crippen molar-refractivity contribution in [3.8, 4) is 0 Å². The summed E-state index contributed by atoms with van der Waals surface area (Å²) in [6, 6.07) is 0. The zero-order valence-electron chi connectivity index (χ0n) is 4.68. The van der Waals surface area contributed by atoms with Crippen molar-refractivity contribution in [3.63, 3.8) is 0 Å². The molecule has 0 saturated heterocycles. The monoisotopic (exact) mass is 117 g/mol. The van der Waals surface area contributed by atoms with Crippen LogP contribution in [0.25, 0.3) is 0 Å². The fraction of sp³-hybridized carbons (Fsp3) is 1.00. The van der Waals surface area contributed by atoms with Crippen molar-refractivity contribution in [3.05, 3.63) is 0 Å². The largest absolute Gasteiger partial charge is 0.412 e. The van der Waals surface area contributed by atoms with Crippen molar-refractivity contribution >= 4 is 29.6 Å². The molecule has 0 amide bonds. The number of rotatable bonds is 1. The summed E-state index contributed by atoms with van der Waals surface area (Å²) in [4.78, 5) is 0. The van der Waals surface area contributed by atoms with Crippen LogP contribution in [-0.4, -0.2) is 58.0 Å². The van der Waals surface area contributed by atoms with Crippen LogP contribution in [0.5, 0.6) is 0 Å². The molecule has 0 heterocycles. The van der Waals surface area contributed by atoms with Gasteiger partial charge >= 0.3 is 0 Å². The molecule has 7 heavy (non-hydrogen) atoms. The van der Waals surface area contributed by atoms with Crippen LogP contribution in [0.3, 0.4) is 0 Å². The van der Waals surface area contributed by atoms with E-state index >= 15 is 0 Å². The maximum atomic E-state index is 8.11. The number of hydrogen-bond donors (Lipinski definition) is 2. The van der Waals surface area contributed by atoms with Gasteiger partial charge in [-0.25, -0.2) is 0 Å². The van der Waals surface area contributed by atoms with Crippen molar-refractivity contribution in [1.82, 2.24) is 0 Å². The van der Waals surface area contributed by atoms with Gasteiger partial charge < -0.3 is 15.7 Å². The van der Waals surface area contributed by atoms with E-state index in [1.54, 1.807) is 0 Å². The van der Waals surface area contributed by atoms with Crippen LogP contribution in [0.15, 0.2) is 0 Å². The molecule has 0 fully saturated rings. The predicted molar refractivity (Wildman–Crippen MR) is 28.1 cm³/mol. The molecule has 4 N–H and O–H groups in total. The van der Waals surface area contributed by atoms with Crippen LogP contribution >= 0.6 is 0 Å². The molecule has 0 aliphatic carbocycles. The Morgan fingerprint density at radius 1 is 1.57 bits per heavy atom. The quantitative estimate of drug-likeness (QED) is 0.396. The maximum Gasteiger partial charge on any atom is 0.0742 e. The Hall–Kier alpha value is 0.880. The molecule has 0 saturated carbocycles. The van der Waals surface area contributed by atoms with E-state index < -0.39 is 6.10 Å². The summed E-state index contributed by atoms with van der Waals surface area (Å²) in [5, 5.41) is 16.0. The third-order valence-electron chi connectivity index (χ3n) is 0.264. The average molecular weight is 117 g/mol. The molecule has 3 nitrogen and oxygen atoms in total. The van der Waals surface area contributed by atoms with E-state index in [1.807, 2.05) is 0 Å². The second-order valence-corrected chi connectivity index (χ2v) is 1.03. The van der Waals surface area contributed by atoms with Gasteiger partial charge in [0.2, 0.25) is 0 Å². The first-order chi connectivity index (χ1) is 2.27. The summed E-state index contributed by atoms with van der Waals surface area (Å²) in [5.41, 5.74) is 0.